The summed E-state index contributed by atoms with van der Waals surface area (Å²) >= 11 is 6.01. The van der Waals surface area contributed by atoms with Gasteiger partial charge in [-0.3, -0.25) is 4.90 Å². The lowest BCUT2D eigenvalue weighted by atomic mass is 10.1. The molecule has 130 valence electrons. The summed E-state index contributed by atoms with van der Waals surface area (Å²) in [6, 6.07) is 16.1. The van der Waals surface area contributed by atoms with Crippen LogP contribution in [0.1, 0.15) is 17.5 Å². The summed E-state index contributed by atoms with van der Waals surface area (Å²) in [7, 11) is 1.69. The van der Waals surface area contributed by atoms with Crippen LogP contribution in [0.5, 0.6) is 5.75 Å². The number of benzene rings is 2. The van der Waals surface area contributed by atoms with Gasteiger partial charge < -0.3 is 9.64 Å². The third-order valence-electron chi connectivity index (χ3n) is 4.57. The Morgan fingerprint density at radius 2 is 1.88 bits per heavy atom. The van der Waals surface area contributed by atoms with Crippen LogP contribution in [0.15, 0.2) is 42.5 Å². The van der Waals surface area contributed by atoms with Gasteiger partial charge in [0.05, 0.1) is 18.4 Å². The second-order valence-corrected chi connectivity index (χ2v) is 6.67. The molecule has 0 spiro atoms. The fourth-order valence-corrected chi connectivity index (χ4v) is 3.40. The Morgan fingerprint density at radius 3 is 2.60 bits per heavy atom. The van der Waals surface area contributed by atoms with Gasteiger partial charge >= 0.3 is 0 Å². The Bertz CT molecular complexity index is 755. The fraction of sp³-hybridized carbons (Fsp3) is 0.350. The number of nitriles is 1. The number of nitrogens with zero attached hydrogens (tertiary/aromatic N) is 3. The van der Waals surface area contributed by atoms with Gasteiger partial charge in [-0.1, -0.05) is 23.7 Å². The maximum absolute atomic E-state index is 9.38. The number of halogens is 1. The molecule has 0 N–H and O–H groups in total. The van der Waals surface area contributed by atoms with Crippen LogP contribution in [-0.2, 0) is 6.54 Å². The third-order valence-corrected chi connectivity index (χ3v) is 4.81. The third kappa shape index (κ3) is 4.45. The van der Waals surface area contributed by atoms with Crippen LogP contribution in [0.25, 0.3) is 0 Å². The molecular formula is C20H22ClN3O. The maximum atomic E-state index is 9.38. The van der Waals surface area contributed by atoms with Gasteiger partial charge in [0.25, 0.3) is 0 Å². The first kappa shape index (κ1) is 17.6. The standard InChI is InChI=1S/C20H22ClN3O/c1-25-19-6-3-16(4-7-19)15-23-9-2-10-24(12-11-23)20-8-5-18(21)13-17(20)14-22/h3-8,13H,2,9-12,15H2,1H3. The average Bonchev–Trinajstić information content (AvgIpc) is 2.88. The molecule has 0 aliphatic carbocycles. The quantitative estimate of drug-likeness (QED) is 0.833. The Morgan fingerprint density at radius 1 is 1.08 bits per heavy atom. The molecule has 1 saturated heterocycles. The van der Waals surface area contributed by atoms with E-state index in [1.165, 1.54) is 5.56 Å². The summed E-state index contributed by atoms with van der Waals surface area (Å²) in [5, 5.41) is 9.99. The molecule has 2 aromatic carbocycles. The van der Waals surface area contributed by atoms with Gasteiger partial charge in [0.2, 0.25) is 0 Å². The SMILES string of the molecule is COc1ccc(CN2CCCN(c3ccc(Cl)cc3C#N)CC2)cc1. The van der Waals surface area contributed by atoms with Crippen molar-refractivity contribution in [1.29, 1.82) is 5.26 Å². The topological polar surface area (TPSA) is 39.5 Å². The average molecular weight is 356 g/mol. The van der Waals surface area contributed by atoms with E-state index in [4.69, 9.17) is 16.3 Å². The predicted octanol–water partition coefficient (Wildman–Crippen LogP) is 3.93. The van der Waals surface area contributed by atoms with Gasteiger partial charge in [-0.25, -0.2) is 0 Å². The Balaban J connectivity index is 1.65. The molecule has 0 amide bonds. The largest absolute Gasteiger partial charge is 0.497 e. The van der Waals surface area contributed by atoms with E-state index in [0.29, 0.717) is 10.6 Å². The summed E-state index contributed by atoms with van der Waals surface area (Å²) < 4.78 is 5.22. The molecule has 0 unspecified atom stereocenters. The lowest BCUT2D eigenvalue weighted by Gasteiger charge is -2.24. The lowest BCUT2D eigenvalue weighted by Crippen LogP contribution is -2.30. The van der Waals surface area contributed by atoms with E-state index < -0.39 is 0 Å². The second kappa shape index (κ2) is 8.24. The highest BCUT2D eigenvalue weighted by molar-refractivity contribution is 6.30. The normalized spacial score (nSPS) is 15.5. The van der Waals surface area contributed by atoms with Gasteiger partial charge in [0.1, 0.15) is 11.8 Å². The van der Waals surface area contributed by atoms with Crippen molar-refractivity contribution in [2.24, 2.45) is 0 Å². The molecule has 0 aromatic heterocycles. The number of rotatable bonds is 4. The van der Waals surface area contributed by atoms with Crippen LogP contribution in [0.4, 0.5) is 5.69 Å². The zero-order chi connectivity index (χ0) is 17.6. The van der Waals surface area contributed by atoms with Gasteiger partial charge in [-0.05, 0) is 42.3 Å². The van der Waals surface area contributed by atoms with E-state index >= 15 is 0 Å². The van der Waals surface area contributed by atoms with Crippen LogP contribution in [0.2, 0.25) is 5.02 Å². The van der Waals surface area contributed by atoms with Crippen molar-refractivity contribution in [3.63, 3.8) is 0 Å². The van der Waals surface area contributed by atoms with Crippen LogP contribution < -0.4 is 9.64 Å². The van der Waals surface area contributed by atoms with Crippen molar-refractivity contribution in [2.75, 3.05) is 38.2 Å². The van der Waals surface area contributed by atoms with Crippen molar-refractivity contribution >= 4 is 17.3 Å². The van der Waals surface area contributed by atoms with Crippen LogP contribution >= 0.6 is 11.6 Å². The second-order valence-electron chi connectivity index (χ2n) is 6.24. The highest BCUT2D eigenvalue weighted by Crippen LogP contribution is 2.25. The highest BCUT2D eigenvalue weighted by Gasteiger charge is 2.17. The Labute approximate surface area is 154 Å². The summed E-state index contributed by atoms with van der Waals surface area (Å²) in [6.07, 6.45) is 1.07. The van der Waals surface area contributed by atoms with Crippen molar-refractivity contribution in [3.8, 4) is 11.8 Å². The van der Waals surface area contributed by atoms with Crippen LogP contribution in [0.3, 0.4) is 0 Å². The fourth-order valence-electron chi connectivity index (χ4n) is 3.23. The Kier molecular flexibility index (Phi) is 5.80. The lowest BCUT2D eigenvalue weighted by molar-refractivity contribution is 0.285. The minimum Gasteiger partial charge on any atom is -0.497 e. The van der Waals surface area contributed by atoms with E-state index in [1.807, 2.05) is 24.3 Å². The number of hydrogen-bond acceptors (Lipinski definition) is 4. The van der Waals surface area contributed by atoms with E-state index in [-0.39, 0.29) is 0 Å². The van der Waals surface area contributed by atoms with Crippen LogP contribution in [-0.4, -0.2) is 38.2 Å². The predicted molar refractivity (Wildman–Crippen MR) is 101 cm³/mol. The highest BCUT2D eigenvalue weighted by atomic mass is 35.5. The zero-order valence-electron chi connectivity index (χ0n) is 14.4. The molecule has 25 heavy (non-hydrogen) atoms. The first-order valence-corrected chi connectivity index (χ1v) is 8.87. The van der Waals surface area contributed by atoms with E-state index in [9.17, 15) is 5.26 Å². The summed E-state index contributed by atoms with van der Waals surface area (Å²) in [5.74, 6) is 0.887. The van der Waals surface area contributed by atoms with Gasteiger partial charge in [0, 0.05) is 37.7 Å². The molecule has 4 nitrogen and oxygen atoms in total. The van der Waals surface area contributed by atoms with Crippen molar-refractivity contribution in [1.82, 2.24) is 4.90 Å². The van der Waals surface area contributed by atoms with E-state index in [0.717, 1.165) is 50.6 Å². The molecule has 3 rings (SSSR count). The van der Waals surface area contributed by atoms with Crippen molar-refractivity contribution in [3.05, 3.63) is 58.6 Å². The smallest absolute Gasteiger partial charge is 0.118 e. The molecule has 2 aromatic rings. The van der Waals surface area contributed by atoms with Gasteiger partial charge in [-0.15, -0.1) is 0 Å². The van der Waals surface area contributed by atoms with Gasteiger partial charge in [0.15, 0.2) is 0 Å². The number of anilines is 1. The first-order valence-electron chi connectivity index (χ1n) is 8.49. The maximum Gasteiger partial charge on any atom is 0.118 e. The number of hydrogen-bond donors (Lipinski definition) is 0. The molecule has 0 radical (unpaired) electrons. The van der Waals surface area contributed by atoms with Crippen LogP contribution in [0, 0.1) is 11.3 Å². The molecule has 0 bridgehead atoms. The molecule has 1 aliphatic heterocycles. The molecule has 1 heterocycles. The molecule has 0 saturated carbocycles. The molecule has 1 aliphatic rings. The zero-order valence-corrected chi connectivity index (χ0v) is 15.2. The van der Waals surface area contributed by atoms with E-state index in [2.05, 4.69) is 28.0 Å². The Hall–Kier alpha value is -2.22. The summed E-state index contributed by atoms with van der Waals surface area (Å²) in [6.45, 7) is 4.82. The number of methoxy groups -OCH3 is 1. The molecular weight excluding hydrogens is 334 g/mol. The summed E-state index contributed by atoms with van der Waals surface area (Å²) in [5.41, 5.74) is 2.92. The molecule has 0 atom stereocenters. The monoisotopic (exact) mass is 355 g/mol. The minimum atomic E-state index is 0.608. The number of ether oxygens (including phenoxy) is 1. The van der Waals surface area contributed by atoms with E-state index in [1.54, 1.807) is 13.2 Å². The summed E-state index contributed by atoms with van der Waals surface area (Å²) in [4.78, 5) is 4.76. The van der Waals surface area contributed by atoms with Crippen molar-refractivity contribution < 1.29 is 4.74 Å². The molecule has 5 heteroatoms. The minimum absolute atomic E-state index is 0.608. The first-order chi connectivity index (χ1) is 12.2. The van der Waals surface area contributed by atoms with Gasteiger partial charge in [-0.2, -0.15) is 5.26 Å². The van der Waals surface area contributed by atoms with Crippen molar-refractivity contribution in [2.45, 2.75) is 13.0 Å². The molecule has 1 fully saturated rings.